The summed E-state index contributed by atoms with van der Waals surface area (Å²) in [6.07, 6.45) is 2.13. The standard InChI is InChI=1S/C13H22ClN3S.HI/c1-10(2)6-8-16-13(15-3)17-9-7-11-4-5-12(14)18-11;/h4-5,10H,6-9H2,1-3H3,(H2,15,16,17);1H. The topological polar surface area (TPSA) is 36.4 Å². The van der Waals surface area contributed by atoms with E-state index >= 15 is 0 Å². The van der Waals surface area contributed by atoms with Crippen LogP contribution in [0.25, 0.3) is 0 Å². The second kappa shape index (κ2) is 10.7. The number of hydrogen-bond donors (Lipinski definition) is 2. The molecule has 1 aromatic heterocycles. The van der Waals surface area contributed by atoms with Gasteiger partial charge in [-0.3, -0.25) is 4.99 Å². The van der Waals surface area contributed by atoms with Crippen LogP contribution in [-0.2, 0) is 6.42 Å². The Bertz CT molecular complexity index is 380. The molecule has 6 heteroatoms. The first kappa shape index (κ1) is 19.0. The van der Waals surface area contributed by atoms with Crippen LogP contribution >= 0.6 is 46.9 Å². The first-order valence-electron chi connectivity index (χ1n) is 6.30. The van der Waals surface area contributed by atoms with E-state index in [2.05, 4.69) is 35.5 Å². The van der Waals surface area contributed by atoms with E-state index in [1.54, 1.807) is 18.4 Å². The summed E-state index contributed by atoms with van der Waals surface area (Å²) < 4.78 is 0.851. The third-order valence-corrected chi connectivity index (χ3v) is 3.82. The molecule has 0 saturated carbocycles. The van der Waals surface area contributed by atoms with Gasteiger partial charge in [-0.1, -0.05) is 25.4 Å². The van der Waals surface area contributed by atoms with Crippen molar-refractivity contribution in [2.45, 2.75) is 26.7 Å². The summed E-state index contributed by atoms with van der Waals surface area (Å²) in [6.45, 7) is 6.27. The summed E-state index contributed by atoms with van der Waals surface area (Å²) in [7, 11) is 1.80. The van der Waals surface area contributed by atoms with Crippen molar-refractivity contribution in [3.63, 3.8) is 0 Å². The van der Waals surface area contributed by atoms with E-state index in [9.17, 15) is 0 Å². The fraction of sp³-hybridized carbons (Fsp3) is 0.615. The molecule has 0 amide bonds. The van der Waals surface area contributed by atoms with Gasteiger partial charge in [-0.15, -0.1) is 35.3 Å². The van der Waals surface area contributed by atoms with Crippen LogP contribution in [0.3, 0.4) is 0 Å². The molecule has 1 rings (SSSR count). The van der Waals surface area contributed by atoms with Crippen LogP contribution in [0.15, 0.2) is 17.1 Å². The van der Waals surface area contributed by atoms with Crippen molar-refractivity contribution < 1.29 is 0 Å². The summed E-state index contributed by atoms with van der Waals surface area (Å²) in [4.78, 5) is 5.49. The zero-order chi connectivity index (χ0) is 13.4. The Balaban J connectivity index is 0.00000324. The molecule has 0 aromatic carbocycles. The number of hydrogen-bond acceptors (Lipinski definition) is 2. The molecular formula is C13H23ClIN3S. The number of nitrogens with one attached hydrogen (secondary N) is 2. The Hall–Kier alpha value is -0.0100. The Morgan fingerprint density at radius 1 is 1.32 bits per heavy atom. The van der Waals surface area contributed by atoms with Crippen LogP contribution in [0.1, 0.15) is 25.1 Å². The van der Waals surface area contributed by atoms with E-state index in [-0.39, 0.29) is 24.0 Å². The van der Waals surface area contributed by atoms with E-state index in [0.717, 1.165) is 36.2 Å². The predicted octanol–water partition coefficient (Wildman–Crippen LogP) is 3.77. The van der Waals surface area contributed by atoms with E-state index in [4.69, 9.17) is 11.6 Å². The number of halogens is 2. The van der Waals surface area contributed by atoms with Gasteiger partial charge < -0.3 is 10.6 Å². The molecule has 0 spiro atoms. The average Bonchev–Trinajstić information content (AvgIpc) is 2.72. The molecule has 0 aliphatic rings. The van der Waals surface area contributed by atoms with Crippen LogP contribution in [-0.4, -0.2) is 26.1 Å². The highest BCUT2D eigenvalue weighted by Gasteiger charge is 2.00. The molecule has 0 saturated heterocycles. The molecule has 19 heavy (non-hydrogen) atoms. The monoisotopic (exact) mass is 415 g/mol. The molecular weight excluding hydrogens is 393 g/mol. The molecule has 1 aromatic rings. The van der Waals surface area contributed by atoms with Crippen molar-refractivity contribution in [3.05, 3.63) is 21.3 Å². The Labute approximate surface area is 142 Å². The van der Waals surface area contributed by atoms with Crippen molar-refractivity contribution in [1.82, 2.24) is 10.6 Å². The molecule has 0 bridgehead atoms. The molecule has 0 radical (unpaired) electrons. The quantitative estimate of drug-likeness (QED) is 0.421. The Kier molecular flexibility index (Phi) is 10.7. The van der Waals surface area contributed by atoms with E-state index in [1.165, 1.54) is 4.88 Å². The highest BCUT2D eigenvalue weighted by molar-refractivity contribution is 14.0. The SMILES string of the molecule is CN=C(NCCc1ccc(Cl)s1)NCCC(C)C.I. The fourth-order valence-corrected chi connectivity index (χ4v) is 2.58. The van der Waals surface area contributed by atoms with Crippen molar-refractivity contribution in [3.8, 4) is 0 Å². The molecule has 1 heterocycles. The van der Waals surface area contributed by atoms with Crippen LogP contribution in [0, 0.1) is 5.92 Å². The van der Waals surface area contributed by atoms with Crippen LogP contribution in [0.5, 0.6) is 0 Å². The summed E-state index contributed by atoms with van der Waals surface area (Å²) in [5.74, 6) is 1.59. The largest absolute Gasteiger partial charge is 0.356 e. The first-order chi connectivity index (χ1) is 8.61. The van der Waals surface area contributed by atoms with Crippen molar-refractivity contribution in [1.29, 1.82) is 0 Å². The lowest BCUT2D eigenvalue weighted by molar-refractivity contribution is 0.574. The molecule has 2 N–H and O–H groups in total. The minimum atomic E-state index is 0. The maximum atomic E-state index is 5.89. The third kappa shape index (κ3) is 8.70. The van der Waals surface area contributed by atoms with Crippen molar-refractivity contribution >= 4 is 52.9 Å². The smallest absolute Gasteiger partial charge is 0.190 e. The summed E-state index contributed by atoms with van der Waals surface area (Å²) >= 11 is 7.52. The Morgan fingerprint density at radius 2 is 2.00 bits per heavy atom. The Morgan fingerprint density at radius 3 is 2.53 bits per heavy atom. The molecule has 110 valence electrons. The number of thiophene rings is 1. The van der Waals surface area contributed by atoms with E-state index in [0.29, 0.717) is 5.92 Å². The van der Waals surface area contributed by atoms with Gasteiger partial charge in [0.1, 0.15) is 0 Å². The minimum absolute atomic E-state index is 0. The zero-order valence-corrected chi connectivity index (χ0v) is 15.6. The maximum absolute atomic E-state index is 5.89. The summed E-state index contributed by atoms with van der Waals surface area (Å²) in [6, 6.07) is 4.01. The van der Waals surface area contributed by atoms with Gasteiger partial charge in [0.2, 0.25) is 0 Å². The van der Waals surface area contributed by atoms with Crippen LogP contribution in [0.4, 0.5) is 0 Å². The summed E-state index contributed by atoms with van der Waals surface area (Å²) in [5.41, 5.74) is 0. The maximum Gasteiger partial charge on any atom is 0.190 e. The van der Waals surface area contributed by atoms with E-state index < -0.39 is 0 Å². The lowest BCUT2D eigenvalue weighted by Gasteiger charge is -2.12. The number of rotatable bonds is 6. The highest BCUT2D eigenvalue weighted by atomic mass is 127. The van der Waals surface area contributed by atoms with Gasteiger partial charge in [0.15, 0.2) is 5.96 Å². The molecule has 0 aliphatic heterocycles. The summed E-state index contributed by atoms with van der Waals surface area (Å²) in [5, 5.41) is 6.61. The van der Waals surface area contributed by atoms with Gasteiger partial charge in [0.25, 0.3) is 0 Å². The molecule has 0 aliphatic carbocycles. The third-order valence-electron chi connectivity index (χ3n) is 2.53. The van der Waals surface area contributed by atoms with Gasteiger partial charge in [-0.2, -0.15) is 0 Å². The van der Waals surface area contributed by atoms with Gasteiger partial charge in [0.05, 0.1) is 4.34 Å². The first-order valence-corrected chi connectivity index (χ1v) is 7.50. The van der Waals surface area contributed by atoms with Crippen molar-refractivity contribution in [2.75, 3.05) is 20.1 Å². The van der Waals surface area contributed by atoms with Gasteiger partial charge in [-0.05, 0) is 30.9 Å². The number of nitrogens with zero attached hydrogens (tertiary/aromatic N) is 1. The minimum Gasteiger partial charge on any atom is -0.356 e. The second-order valence-corrected chi connectivity index (χ2v) is 6.36. The number of guanidine groups is 1. The van der Waals surface area contributed by atoms with Gasteiger partial charge >= 0.3 is 0 Å². The normalized spacial score (nSPS) is 11.3. The van der Waals surface area contributed by atoms with Crippen molar-refractivity contribution in [2.24, 2.45) is 10.9 Å². The lowest BCUT2D eigenvalue weighted by Crippen LogP contribution is -2.38. The lowest BCUT2D eigenvalue weighted by atomic mass is 10.1. The molecule has 0 unspecified atom stereocenters. The highest BCUT2D eigenvalue weighted by Crippen LogP contribution is 2.21. The van der Waals surface area contributed by atoms with Gasteiger partial charge in [0, 0.05) is 25.0 Å². The average molecular weight is 416 g/mol. The molecule has 0 atom stereocenters. The molecule has 3 nitrogen and oxygen atoms in total. The van der Waals surface area contributed by atoms with Crippen LogP contribution < -0.4 is 10.6 Å². The zero-order valence-electron chi connectivity index (χ0n) is 11.7. The predicted molar refractivity (Wildman–Crippen MR) is 97.3 cm³/mol. The fourth-order valence-electron chi connectivity index (χ4n) is 1.49. The van der Waals surface area contributed by atoms with Crippen LogP contribution in [0.2, 0.25) is 4.34 Å². The molecule has 0 fully saturated rings. The van der Waals surface area contributed by atoms with E-state index in [1.807, 2.05) is 6.07 Å². The van der Waals surface area contributed by atoms with Gasteiger partial charge in [-0.25, -0.2) is 0 Å². The number of aliphatic imine (C=N–C) groups is 1. The second-order valence-electron chi connectivity index (χ2n) is 4.56.